The van der Waals surface area contributed by atoms with Crippen molar-refractivity contribution in [2.75, 3.05) is 19.8 Å². The maximum atomic E-state index is 13.5. The third-order valence-electron chi connectivity index (χ3n) is 4.16. The minimum atomic E-state index is -0.203. The molecule has 3 aromatic rings. The number of fused-ring (bicyclic) bond motifs is 1. The maximum Gasteiger partial charge on any atom is 0.191 e. The molecule has 0 fully saturated rings. The van der Waals surface area contributed by atoms with E-state index in [1.807, 2.05) is 41.1 Å². The molecule has 0 amide bonds. The summed E-state index contributed by atoms with van der Waals surface area (Å²) >= 11 is 1.68. The molecule has 0 bridgehead atoms. The number of benzene rings is 1. The molecule has 6 nitrogen and oxygen atoms in total. The minimum absolute atomic E-state index is 0.203. The van der Waals surface area contributed by atoms with Crippen LogP contribution in [-0.2, 0) is 18.7 Å². The summed E-state index contributed by atoms with van der Waals surface area (Å²) < 4.78 is 15.4. The van der Waals surface area contributed by atoms with Crippen LogP contribution in [0.4, 0.5) is 4.39 Å². The molecule has 2 N–H and O–H groups in total. The number of aromatic nitrogens is 3. The number of nitrogens with zero attached hydrogens (tertiary/aromatic N) is 4. The van der Waals surface area contributed by atoms with Gasteiger partial charge in [-0.05, 0) is 41.6 Å². The van der Waals surface area contributed by atoms with E-state index in [2.05, 4.69) is 25.8 Å². The van der Waals surface area contributed by atoms with Crippen molar-refractivity contribution in [1.82, 2.24) is 25.2 Å². The van der Waals surface area contributed by atoms with Crippen LogP contribution in [0.3, 0.4) is 0 Å². The number of nitrogens with one attached hydrogen (secondary N) is 2. The number of aliphatic imine (C=N–C) groups is 1. The van der Waals surface area contributed by atoms with Gasteiger partial charge in [0.25, 0.3) is 0 Å². The number of guanidine groups is 1. The Bertz CT molecular complexity index is 923. The highest BCUT2D eigenvalue weighted by molar-refractivity contribution is 7.97. The SMILES string of the molecule is CN=C(NCCc1nnc2ccccn12)NCc1ccc(F)cc1CSC. The van der Waals surface area contributed by atoms with E-state index < -0.39 is 0 Å². The minimum Gasteiger partial charge on any atom is -0.356 e. The van der Waals surface area contributed by atoms with E-state index in [1.54, 1.807) is 24.9 Å². The highest BCUT2D eigenvalue weighted by Crippen LogP contribution is 2.16. The average molecular weight is 387 g/mol. The fourth-order valence-electron chi connectivity index (χ4n) is 2.81. The van der Waals surface area contributed by atoms with Crippen molar-refractivity contribution < 1.29 is 4.39 Å². The molecule has 8 heteroatoms. The topological polar surface area (TPSA) is 66.6 Å². The fraction of sp³-hybridized carbons (Fsp3) is 0.316. The van der Waals surface area contributed by atoms with Gasteiger partial charge < -0.3 is 10.6 Å². The van der Waals surface area contributed by atoms with Gasteiger partial charge in [-0.3, -0.25) is 9.39 Å². The predicted octanol–water partition coefficient (Wildman–Crippen LogP) is 2.64. The number of hydrogen-bond acceptors (Lipinski definition) is 4. The lowest BCUT2D eigenvalue weighted by atomic mass is 10.1. The summed E-state index contributed by atoms with van der Waals surface area (Å²) in [5, 5.41) is 14.9. The normalized spacial score (nSPS) is 11.7. The van der Waals surface area contributed by atoms with Crippen LogP contribution in [0.15, 0.2) is 47.6 Å². The Kier molecular flexibility index (Phi) is 6.64. The molecule has 1 aromatic carbocycles. The smallest absolute Gasteiger partial charge is 0.191 e. The third-order valence-corrected chi connectivity index (χ3v) is 4.76. The second-order valence-corrected chi connectivity index (χ2v) is 6.86. The first-order valence-corrected chi connectivity index (χ1v) is 10.1. The lowest BCUT2D eigenvalue weighted by Crippen LogP contribution is -2.38. The molecule has 0 unspecified atom stereocenters. The van der Waals surface area contributed by atoms with Crippen LogP contribution in [0.25, 0.3) is 5.65 Å². The van der Waals surface area contributed by atoms with Crippen LogP contribution in [0.5, 0.6) is 0 Å². The number of thioether (sulfide) groups is 1. The van der Waals surface area contributed by atoms with E-state index in [-0.39, 0.29) is 5.82 Å². The van der Waals surface area contributed by atoms with Crippen molar-refractivity contribution in [1.29, 1.82) is 0 Å². The number of pyridine rings is 1. The van der Waals surface area contributed by atoms with Crippen molar-refractivity contribution in [3.63, 3.8) is 0 Å². The molecular formula is C19H23FN6S. The molecule has 0 saturated heterocycles. The Morgan fingerprint density at radius 2 is 2.07 bits per heavy atom. The average Bonchev–Trinajstić information content (AvgIpc) is 3.09. The molecule has 142 valence electrons. The largest absolute Gasteiger partial charge is 0.356 e. The zero-order chi connectivity index (χ0) is 19.1. The van der Waals surface area contributed by atoms with E-state index in [9.17, 15) is 4.39 Å². The molecular weight excluding hydrogens is 363 g/mol. The molecule has 27 heavy (non-hydrogen) atoms. The highest BCUT2D eigenvalue weighted by Gasteiger charge is 2.07. The third kappa shape index (κ3) is 4.97. The standard InChI is InChI=1S/C19H23FN6S/c1-21-19(23-12-14-6-7-16(20)11-15(14)13-27-2)22-9-8-18-25-24-17-5-3-4-10-26(17)18/h3-7,10-11H,8-9,12-13H2,1-2H3,(H2,21,22,23). The molecule has 0 radical (unpaired) electrons. The number of halogens is 1. The summed E-state index contributed by atoms with van der Waals surface area (Å²) in [5.74, 6) is 2.17. The Hall–Kier alpha value is -2.61. The van der Waals surface area contributed by atoms with Crippen molar-refractivity contribution >= 4 is 23.4 Å². The lowest BCUT2D eigenvalue weighted by Gasteiger charge is -2.14. The van der Waals surface area contributed by atoms with Crippen molar-refractivity contribution in [2.24, 2.45) is 4.99 Å². The van der Waals surface area contributed by atoms with E-state index >= 15 is 0 Å². The quantitative estimate of drug-likeness (QED) is 0.483. The van der Waals surface area contributed by atoms with Crippen molar-refractivity contribution in [2.45, 2.75) is 18.7 Å². The molecule has 0 spiro atoms. The van der Waals surface area contributed by atoms with Gasteiger partial charge in [-0.15, -0.1) is 10.2 Å². The predicted molar refractivity (Wildman–Crippen MR) is 109 cm³/mol. The number of hydrogen-bond donors (Lipinski definition) is 2. The molecule has 0 atom stereocenters. The monoisotopic (exact) mass is 386 g/mol. The number of rotatable bonds is 7. The van der Waals surface area contributed by atoms with Gasteiger partial charge in [-0.25, -0.2) is 4.39 Å². The molecule has 0 aliphatic carbocycles. The van der Waals surface area contributed by atoms with Gasteiger partial charge in [0.1, 0.15) is 11.6 Å². The summed E-state index contributed by atoms with van der Waals surface area (Å²) in [6.07, 6.45) is 4.69. The Morgan fingerprint density at radius 3 is 2.89 bits per heavy atom. The van der Waals surface area contributed by atoms with E-state index in [4.69, 9.17) is 0 Å². The van der Waals surface area contributed by atoms with E-state index in [1.165, 1.54) is 6.07 Å². The molecule has 0 aliphatic rings. The first-order valence-electron chi connectivity index (χ1n) is 8.70. The Morgan fingerprint density at radius 1 is 1.19 bits per heavy atom. The summed E-state index contributed by atoms with van der Waals surface area (Å²) in [6.45, 7) is 1.26. The summed E-state index contributed by atoms with van der Waals surface area (Å²) in [4.78, 5) is 4.25. The van der Waals surface area contributed by atoms with Crippen LogP contribution in [0.1, 0.15) is 17.0 Å². The fourth-order valence-corrected chi connectivity index (χ4v) is 3.39. The van der Waals surface area contributed by atoms with Crippen LogP contribution in [0, 0.1) is 5.82 Å². The summed E-state index contributed by atoms with van der Waals surface area (Å²) in [7, 11) is 1.73. The molecule has 2 heterocycles. The van der Waals surface area contributed by atoms with Gasteiger partial charge in [0.05, 0.1) is 0 Å². The first kappa shape index (κ1) is 19.2. The molecule has 3 rings (SSSR count). The zero-order valence-electron chi connectivity index (χ0n) is 15.4. The molecule has 2 aromatic heterocycles. The van der Waals surface area contributed by atoms with Gasteiger partial charge >= 0.3 is 0 Å². The zero-order valence-corrected chi connectivity index (χ0v) is 16.3. The van der Waals surface area contributed by atoms with Crippen molar-refractivity contribution in [3.05, 3.63) is 65.4 Å². The van der Waals surface area contributed by atoms with E-state index in [0.29, 0.717) is 19.0 Å². The second kappa shape index (κ2) is 9.36. The summed E-state index contributed by atoms with van der Waals surface area (Å²) in [6, 6.07) is 10.7. The molecule has 0 saturated carbocycles. The molecule has 0 aliphatic heterocycles. The van der Waals surface area contributed by atoms with Gasteiger partial charge in [-0.1, -0.05) is 12.1 Å². The first-order chi connectivity index (χ1) is 13.2. The highest BCUT2D eigenvalue weighted by atomic mass is 32.2. The van der Waals surface area contributed by atoms with Crippen LogP contribution in [-0.4, -0.2) is 40.4 Å². The van der Waals surface area contributed by atoms with Gasteiger partial charge in [0.15, 0.2) is 11.6 Å². The Labute approximate surface area is 162 Å². The van der Waals surface area contributed by atoms with Crippen LogP contribution >= 0.6 is 11.8 Å². The van der Waals surface area contributed by atoms with Gasteiger partial charge in [0.2, 0.25) is 0 Å². The van der Waals surface area contributed by atoms with Crippen LogP contribution in [0.2, 0.25) is 0 Å². The van der Waals surface area contributed by atoms with Gasteiger partial charge in [0, 0.05) is 38.5 Å². The maximum absolute atomic E-state index is 13.5. The lowest BCUT2D eigenvalue weighted by molar-refractivity contribution is 0.625. The van der Waals surface area contributed by atoms with Gasteiger partial charge in [-0.2, -0.15) is 11.8 Å². The summed E-state index contributed by atoms with van der Waals surface area (Å²) in [5.41, 5.74) is 2.91. The van der Waals surface area contributed by atoms with E-state index in [0.717, 1.165) is 34.8 Å². The second-order valence-electron chi connectivity index (χ2n) is 5.99. The Balaban J connectivity index is 1.54. The van der Waals surface area contributed by atoms with Crippen molar-refractivity contribution in [3.8, 4) is 0 Å². The van der Waals surface area contributed by atoms with Crippen LogP contribution < -0.4 is 10.6 Å².